The summed E-state index contributed by atoms with van der Waals surface area (Å²) in [6.45, 7) is 4.03. The third-order valence-electron chi connectivity index (χ3n) is 3.12. The molecule has 0 saturated carbocycles. The van der Waals surface area contributed by atoms with Crippen molar-refractivity contribution in [3.63, 3.8) is 0 Å². The summed E-state index contributed by atoms with van der Waals surface area (Å²) in [7, 11) is -3.60. The molecule has 0 unspecified atom stereocenters. The second kappa shape index (κ2) is 6.24. The summed E-state index contributed by atoms with van der Waals surface area (Å²) >= 11 is 0. The van der Waals surface area contributed by atoms with Crippen molar-refractivity contribution < 1.29 is 8.42 Å². The largest absolute Gasteiger partial charge is 0.384 e. The van der Waals surface area contributed by atoms with E-state index in [1.807, 2.05) is 44.2 Å². The minimum Gasteiger partial charge on any atom is -0.384 e. The number of hydrogen-bond acceptors (Lipinski definition) is 4. The zero-order valence-electron chi connectivity index (χ0n) is 12.1. The van der Waals surface area contributed by atoms with E-state index in [0.717, 1.165) is 5.56 Å². The van der Waals surface area contributed by atoms with Crippen LogP contribution in [0.1, 0.15) is 19.4 Å². The van der Waals surface area contributed by atoms with Crippen molar-refractivity contribution in [2.45, 2.75) is 31.3 Å². The maximum atomic E-state index is 12.7. The molecule has 21 heavy (non-hydrogen) atoms. The van der Waals surface area contributed by atoms with Crippen LogP contribution in [0.15, 0.2) is 53.6 Å². The highest BCUT2D eigenvalue weighted by Crippen LogP contribution is 2.20. The van der Waals surface area contributed by atoms with Crippen LogP contribution in [0.2, 0.25) is 0 Å². The highest BCUT2D eigenvalue weighted by molar-refractivity contribution is 7.89. The Morgan fingerprint density at radius 3 is 2.33 bits per heavy atom. The second-order valence-corrected chi connectivity index (χ2v) is 6.94. The fourth-order valence-electron chi connectivity index (χ4n) is 1.99. The molecule has 0 radical (unpaired) electrons. The van der Waals surface area contributed by atoms with Gasteiger partial charge in [-0.05, 0) is 31.5 Å². The van der Waals surface area contributed by atoms with Crippen LogP contribution in [-0.2, 0) is 16.6 Å². The number of benzene rings is 1. The minimum atomic E-state index is -3.60. The summed E-state index contributed by atoms with van der Waals surface area (Å²) in [4.78, 5) is 4.02. The standard InChI is InChI=1S/C15H19N3O2S/c1-12(2)18(11-13-6-4-3-5-7-13)21(19,20)14-8-9-15(16)17-10-14/h3-10,12H,11H2,1-2H3,(H2,16,17). The second-order valence-electron chi connectivity index (χ2n) is 5.05. The summed E-state index contributed by atoms with van der Waals surface area (Å²) in [6, 6.07) is 12.3. The van der Waals surface area contributed by atoms with E-state index in [1.54, 1.807) is 0 Å². The first-order valence-electron chi connectivity index (χ1n) is 6.68. The molecule has 6 heteroatoms. The lowest BCUT2D eigenvalue weighted by Crippen LogP contribution is -2.36. The lowest BCUT2D eigenvalue weighted by atomic mass is 10.2. The summed E-state index contributed by atoms with van der Waals surface area (Å²) < 4.78 is 26.9. The molecule has 0 amide bonds. The lowest BCUT2D eigenvalue weighted by Gasteiger charge is -2.26. The number of pyridine rings is 1. The highest BCUT2D eigenvalue weighted by atomic mass is 32.2. The molecule has 0 bridgehead atoms. The van der Waals surface area contributed by atoms with Crippen LogP contribution in [0.4, 0.5) is 5.82 Å². The van der Waals surface area contributed by atoms with Crippen LogP contribution in [0.25, 0.3) is 0 Å². The molecule has 0 aliphatic carbocycles. The predicted molar refractivity (Wildman–Crippen MR) is 83.0 cm³/mol. The van der Waals surface area contributed by atoms with Gasteiger partial charge in [0.2, 0.25) is 10.0 Å². The van der Waals surface area contributed by atoms with Crippen LogP contribution in [0.3, 0.4) is 0 Å². The van der Waals surface area contributed by atoms with Gasteiger partial charge in [-0.25, -0.2) is 13.4 Å². The van der Waals surface area contributed by atoms with Gasteiger partial charge < -0.3 is 5.73 Å². The Labute approximate surface area is 125 Å². The fraction of sp³-hybridized carbons (Fsp3) is 0.267. The molecule has 0 spiro atoms. The number of aromatic nitrogens is 1. The van der Waals surface area contributed by atoms with Crippen molar-refractivity contribution in [1.29, 1.82) is 0 Å². The first-order valence-corrected chi connectivity index (χ1v) is 8.12. The van der Waals surface area contributed by atoms with E-state index >= 15 is 0 Å². The van der Waals surface area contributed by atoms with Gasteiger partial charge >= 0.3 is 0 Å². The average Bonchev–Trinajstić information content (AvgIpc) is 2.46. The van der Waals surface area contributed by atoms with Crippen LogP contribution in [0.5, 0.6) is 0 Å². The Bertz CT molecular complexity index is 683. The lowest BCUT2D eigenvalue weighted by molar-refractivity contribution is 0.348. The number of nitrogens with two attached hydrogens (primary N) is 1. The first-order chi connectivity index (χ1) is 9.91. The number of anilines is 1. The summed E-state index contributed by atoms with van der Waals surface area (Å²) in [6.07, 6.45) is 1.30. The third-order valence-corrected chi connectivity index (χ3v) is 5.13. The molecule has 1 heterocycles. The van der Waals surface area contributed by atoms with Crippen LogP contribution in [-0.4, -0.2) is 23.7 Å². The number of nitrogen functional groups attached to an aromatic ring is 1. The van der Waals surface area contributed by atoms with Crippen LogP contribution >= 0.6 is 0 Å². The minimum absolute atomic E-state index is 0.154. The van der Waals surface area contributed by atoms with Gasteiger partial charge in [-0.1, -0.05) is 30.3 Å². The molecule has 112 valence electrons. The first kappa shape index (κ1) is 15.5. The molecular weight excluding hydrogens is 286 g/mol. The number of hydrogen-bond donors (Lipinski definition) is 1. The number of sulfonamides is 1. The molecular formula is C15H19N3O2S. The van der Waals surface area contributed by atoms with Gasteiger partial charge in [0.1, 0.15) is 10.7 Å². The van der Waals surface area contributed by atoms with Gasteiger partial charge in [0, 0.05) is 18.8 Å². The number of rotatable bonds is 5. The summed E-state index contributed by atoms with van der Waals surface area (Å²) in [5.41, 5.74) is 6.45. The Kier molecular flexibility index (Phi) is 4.59. The van der Waals surface area contributed by atoms with Gasteiger partial charge in [0.25, 0.3) is 0 Å². The molecule has 0 aliphatic heterocycles. The van der Waals surface area contributed by atoms with Gasteiger partial charge in [-0.2, -0.15) is 4.31 Å². The summed E-state index contributed by atoms with van der Waals surface area (Å²) in [5.74, 6) is 0.299. The molecule has 2 rings (SSSR count). The zero-order chi connectivity index (χ0) is 15.5. The van der Waals surface area contributed by atoms with E-state index in [1.165, 1.54) is 22.6 Å². The van der Waals surface area contributed by atoms with Crippen LogP contribution in [0, 0.1) is 0 Å². The molecule has 2 N–H and O–H groups in total. The Hall–Kier alpha value is -1.92. The molecule has 0 saturated heterocycles. The van der Waals surface area contributed by atoms with Gasteiger partial charge in [0.15, 0.2) is 0 Å². The Morgan fingerprint density at radius 2 is 1.81 bits per heavy atom. The van der Waals surface area contributed by atoms with Gasteiger partial charge in [-0.15, -0.1) is 0 Å². The van der Waals surface area contributed by atoms with Gasteiger partial charge in [0.05, 0.1) is 0 Å². The fourth-order valence-corrected chi connectivity index (χ4v) is 3.56. The van der Waals surface area contributed by atoms with Crippen molar-refractivity contribution in [2.75, 3.05) is 5.73 Å². The quantitative estimate of drug-likeness (QED) is 0.919. The molecule has 0 fully saturated rings. The van der Waals surface area contributed by atoms with Crippen molar-refractivity contribution >= 4 is 15.8 Å². The monoisotopic (exact) mass is 305 g/mol. The maximum absolute atomic E-state index is 12.7. The zero-order valence-corrected chi connectivity index (χ0v) is 12.9. The Morgan fingerprint density at radius 1 is 1.14 bits per heavy atom. The topological polar surface area (TPSA) is 76.3 Å². The van der Waals surface area contributed by atoms with Crippen LogP contribution < -0.4 is 5.73 Å². The smallest absolute Gasteiger partial charge is 0.245 e. The average molecular weight is 305 g/mol. The Balaban J connectivity index is 2.35. The number of nitrogens with zero attached hydrogens (tertiary/aromatic N) is 2. The van der Waals surface area contributed by atoms with E-state index in [0.29, 0.717) is 12.4 Å². The van der Waals surface area contributed by atoms with Gasteiger partial charge in [-0.3, -0.25) is 0 Å². The molecule has 2 aromatic rings. The van der Waals surface area contributed by atoms with E-state index in [2.05, 4.69) is 4.98 Å². The van der Waals surface area contributed by atoms with E-state index < -0.39 is 10.0 Å². The molecule has 1 aromatic heterocycles. The molecule has 0 atom stereocenters. The van der Waals surface area contributed by atoms with Crippen molar-refractivity contribution in [3.05, 3.63) is 54.2 Å². The maximum Gasteiger partial charge on any atom is 0.245 e. The highest BCUT2D eigenvalue weighted by Gasteiger charge is 2.27. The predicted octanol–water partition coefficient (Wildman–Crippen LogP) is 2.26. The molecule has 5 nitrogen and oxygen atoms in total. The van der Waals surface area contributed by atoms with Crippen molar-refractivity contribution in [2.24, 2.45) is 0 Å². The molecule has 1 aromatic carbocycles. The molecule has 0 aliphatic rings. The summed E-state index contributed by atoms with van der Waals surface area (Å²) in [5, 5.41) is 0. The van der Waals surface area contributed by atoms with E-state index in [-0.39, 0.29) is 10.9 Å². The SMILES string of the molecule is CC(C)N(Cc1ccccc1)S(=O)(=O)c1ccc(N)nc1. The van der Waals surface area contributed by atoms with Crippen molar-refractivity contribution in [1.82, 2.24) is 9.29 Å². The third kappa shape index (κ3) is 3.59. The van der Waals surface area contributed by atoms with Crippen molar-refractivity contribution in [3.8, 4) is 0 Å². The van der Waals surface area contributed by atoms with E-state index in [4.69, 9.17) is 5.73 Å². The van der Waals surface area contributed by atoms with E-state index in [9.17, 15) is 8.42 Å². The normalized spacial score (nSPS) is 12.0.